The molecule has 0 atom stereocenters. The lowest BCUT2D eigenvalue weighted by atomic mass is 9.78. The highest BCUT2D eigenvalue weighted by Gasteiger charge is 2.31. The molecular weight excluding hydrogens is 232 g/mol. The quantitative estimate of drug-likeness (QED) is 0.758. The lowest BCUT2D eigenvalue weighted by Gasteiger charge is -2.39. The molecule has 1 aliphatic rings. The summed E-state index contributed by atoms with van der Waals surface area (Å²) in [5.41, 5.74) is 1.03. The first-order valence-corrected chi connectivity index (χ1v) is 8.12. The van der Waals surface area contributed by atoms with Crippen molar-refractivity contribution in [3.8, 4) is 0 Å². The van der Waals surface area contributed by atoms with Gasteiger partial charge in [0, 0.05) is 11.1 Å². The lowest BCUT2D eigenvalue weighted by Crippen LogP contribution is -2.49. The molecule has 2 heteroatoms. The summed E-state index contributed by atoms with van der Waals surface area (Å²) in [7, 11) is 2.14. The maximum absolute atomic E-state index is 3.78. The predicted octanol–water partition coefficient (Wildman–Crippen LogP) is 4.10. The zero-order valence-corrected chi connectivity index (χ0v) is 14.2. The first-order chi connectivity index (χ1) is 8.68. The average Bonchev–Trinajstić information content (AvgIpc) is 2.26. The Hall–Kier alpha value is -0.0800. The number of nitrogens with one attached hydrogen (secondary N) is 2. The topological polar surface area (TPSA) is 24.1 Å². The van der Waals surface area contributed by atoms with Crippen LogP contribution < -0.4 is 10.6 Å². The minimum atomic E-state index is 0.238. The molecule has 0 heterocycles. The van der Waals surface area contributed by atoms with Gasteiger partial charge in [-0.1, -0.05) is 40.0 Å². The maximum Gasteiger partial charge on any atom is 0.0190 e. The highest BCUT2D eigenvalue weighted by molar-refractivity contribution is 4.91. The van der Waals surface area contributed by atoms with Crippen molar-refractivity contribution in [2.45, 2.75) is 90.6 Å². The summed E-state index contributed by atoms with van der Waals surface area (Å²) in [4.78, 5) is 0. The van der Waals surface area contributed by atoms with Crippen molar-refractivity contribution in [1.29, 1.82) is 0 Å². The molecule has 0 aliphatic heterocycles. The molecule has 0 amide bonds. The van der Waals surface area contributed by atoms with E-state index in [2.05, 4.69) is 52.3 Å². The normalized spacial score (nSPS) is 20.5. The molecule has 0 aromatic carbocycles. The Morgan fingerprint density at radius 3 is 2.00 bits per heavy atom. The van der Waals surface area contributed by atoms with Crippen LogP contribution in [-0.2, 0) is 0 Å². The smallest absolute Gasteiger partial charge is 0.0190 e. The highest BCUT2D eigenvalue weighted by atomic mass is 15.0. The second-order valence-electron chi connectivity index (χ2n) is 8.39. The molecule has 2 N–H and O–H groups in total. The van der Waals surface area contributed by atoms with Crippen molar-refractivity contribution in [2.75, 3.05) is 13.6 Å². The molecule has 19 heavy (non-hydrogen) atoms. The van der Waals surface area contributed by atoms with E-state index in [4.69, 9.17) is 0 Å². The molecule has 0 radical (unpaired) electrons. The maximum atomic E-state index is 3.78. The van der Waals surface area contributed by atoms with E-state index in [0.717, 1.165) is 6.54 Å². The highest BCUT2D eigenvalue weighted by Crippen LogP contribution is 2.31. The largest absolute Gasteiger partial charge is 0.314 e. The lowest BCUT2D eigenvalue weighted by molar-refractivity contribution is 0.202. The minimum absolute atomic E-state index is 0.238. The molecule has 2 nitrogen and oxygen atoms in total. The van der Waals surface area contributed by atoms with E-state index in [1.54, 1.807) is 0 Å². The van der Waals surface area contributed by atoms with Crippen molar-refractivity contribution < 1.29 is 0 Å². The van der Waals surface area contributed by atoms with E-state index < -0.39 is 0 Å². The van der Waals surface area contributed by atoms with Crippen molar-refractivity contribution in [3.63, 3.8) is 0 Å². The van der Waals surface area contributed by atoms with E-state index in [0.29, 0.717) is 11.0 Å². The average molecular weight is 268 g/mol. The molecule has 0 unspecified atom stereocenters. The standard InChI is InChI=1S/C17H36N2/c1-15(2,3)14-16(4,5)19-13-12-17(18-6)10-8-7-9-11-17/h18-19H,7-14H2,1-6H3. The molecule has 1 aliphatic carbocycles. The predicted molar refractivity (Wildman–Crippen MR) is 85.6 cm³/mol. The summed E-state index contributed by atoms with van der Waals surface area (Å²) < 4.78 is 0. The van der Waals surface area contributed by atoms with Gasteiger partial charge >= 0.3 is 0 Å². The van der Waals surface area contributed by atoms with Gasteiger partial charge in [-0.15, -0.1) is 0 Å². The summed E-state index contributed by atoms with van der Waals surface area (Å²) in [5, 5.41) is 7.39. The third-order valence-electron chi connectivity index (χ3n) is 4.52. The first kappa shape index (κ1) is 17.0. The Morgan fingerprint density at radius 2 is 1.53 bits per heavy atom. The second kappa shape index (κ2) is 6.58. The first-order valence-electron chi connectivity index (χ1n) is 8.12. The zero-order valence-electron chi connectivity index (χ0n) is 14.2. The van der Waals surface area contributed by atoms with Crippen molar-refractivity contribution in [1.82, 2.24) is 10.6 Å². The van der Waals surface area contributed by atoms with Gasteiger partial charge in [0.1, 0.15) is 0 Å². The van der Waals surface area contributed by atoms with Gasteiger partial charge in [-0.3, -0.25) is 0 Å². The number of hydrogen-bond donors (Lipinski definition) is 2. The molecule has 0 aromatic heterocycles. The van der Waals surface area contributed by atoms with E-state index in [1.165, 1.54) is 44.9 Å². The minimum Gasteiger partial charge on any atom is -0.314 e. The third kappa shape index (κ3) is 6.27. The molecule has 0 bridgehead atoms. The van der Waals surface area contributed by atoms with Gasteiger partial charge in [-0.05, 0) is 58.5 Å². The van der Waals surface area contributed by atoms with Crippen LogP contribution in [0.2, 0.25) is 0 Å². The Bertz CT molecular complexity index is 257. The van der Waals surface area contributed by atoms with Crippen LogP contribution in [0.15, 0.2) is 0 Å². The van der Waals surface area contributed by atoms with Gasteiger partial charge in [0.25, 0.3) is 0 Å². The van der Waals surface area contributed by atoms with Crippen LogP contribution in [-0.4, -0.2) is 24.7 Å². The van der Waals surface area contributed by atoms with Crippen molar-refractivity contribution >= 4 is 0 Å². The fraction of sp³-hybridized carbons (Fsp3) is 1.00. The summed E-state index contributed by atoms with van der Waals surface area (Å²) in [6.07, 6.45) is 9.39. The number of rotatable bonds is 6. The van der Waals surface area contributed by atoms with Gasteiger partial charge in [0.15, 0.2) is 0 Å². The Balaban J connectivity index is 2.39. The molecule has 114 valence electrons. The van der Waals surface area contributed by atoms with Crippen molar-refractivity contribution in [3.05, 3.63) is 0 Å². The van der Waals surface area contributed by atoms with Crippen LogP contribution in [0.1, 0.15) is 79.6 Å². The summed E-state index contributed by atoms with van der Waals surface area (Å²) >= 11 is 0. The second-order valence-corrected chi connectivity index (χ2v) is 8.39. The molecule has 0 aromatic rings. The summed E-state index contributed by atoms with van der Waals surface area (Å²) in [6.45, 7) is 12.8. The molecule has 1 rings (SSSR count). The van der Waals surface area contributed by atoms with E-state index in [9.17, 15) is 0 Å². The third-order valence-corrected chi connectivity index (χ3v) is 4.52. The SMILES string of the molecule is CNC1(CCNC(C)(C)CC(C)(C)C)CCCCC1. The Morgan fingerprint density at radius 1 is 0.947 bits per heavy atom. The zero-order chi connectivity index (χ0) is 14.6. The molecule has 0 saturated heterocycles. The monoisotopic (exact) mass is 268 g/mol. The van der Waals surface area contributed by atoms with Crippen LogP contribution in [0.25, 0.3) is 0 Å². The summed E-state index contributed by atoms with van der Waals surface area (Å²) in [6, 6.07) is 0. The van der Waals surface area contributed by atoms with Crippen LogP contribution in [0, 0.1) is 5.41 Å². The molecule has 1 saturated carbocycles. The van der Waals surface area contributed by atoms with Crippen LogP contribution in [0.4, 0.5) is 0 Å². The number of hydrogen-bond acceptors (Lipinski definition) is 2. The molecular formula is C17H36N2. The molecule has 0 spiro atoms. The fourth-order valence-electron chi connectivity index (χ4n) is 3.88. The van der Waals surface area contributed by atoms with Gasteiger partial charge in [-0.25, -0.2) is 0 Å². The Labute approximate surface area is 121 Å². The van der Waals surface area contributed by atoms with E-state index in [1.807, 2.05) is 0 Å². The van der Waals surface area contributed by atoms with E-state index >= 15 is 0 Å². The van der Waals surface area contributed by atoms with Crippen LogP contribution in [0.3, 0.4) is 0 Å². The Kier molecular flexibility index (Phi) is 5.88. The van der Waals surface area contributed by atoms with E-state index in [-0.39, 0.29) is 5.54 Å². The summed E-state index contributed by atoms with van der Waals surface area (Å²) in [5.74, 6) is 0. The van der Waals surface area contributed by atoms with Gasteiger partial charge in [0.2, 0.25) is 0 Å². The van der Waals surface area contributed by atoms with Crippen molar-refractivity contribution in [2.24, 2.45) is 5.41 Å². The van der Waals surface area contributed by atoms with Gasteiger partial charge < -0.3 is 10.6 Å². The van der Waals surface area contributed by atoms with Crippen LogP contribution >= 0.6 is 0 Å². The molecule has 1 fully saturated rings. The van der Waals surface area contributed by atoms with Gasteiger partial charge in [0.05, 0.1) is 0 Å². The van der Waals surface area contributed by atoms with Gasteiger partial charge in [-0.2, -0.15) is 0 Å². The fourth-order valence-corrected chi connectivity index (χ4v) is 3.88. The van der Waals surface area contributed by atoms with Crippen LogP contribution in [0.5, 0.6) is 0 Å².